The number of nitrogens with one attached hydrogen (secondary N) is 3. The molecule has 53 heavy (non-hydrogen) atoms. The lowest BCUT2D eigenvalue weighted by Crippen LogP contribution is -2.29. The molecule has 0 bridgehead atoms. The van der Waals surface area contributed by atoms with E-state index in [2.05, 4.69) is 40.5 Å². The van der Waals surface area contributed by atoms with Gasteiger partial charge >= 0.3 is 12.4 Å². The van der Waals surface area contributed by atoms with Crippen LogP contribution in [0.25, 0.3) is 44.6 Å². The molecule has 0 unspecified atom stereocenters. The number of nitrogens with two attached hydrogens (primary N) is 1. The Labute approximate surface area is 293 Å². The summed E-state index contributed by atoms with van der Waals surface area (Å²) >= 11 is 0. The highest BCUT2D eigenvalue weighted by Crippen LogP contribution is 2.39. The van der Waals surface area contributed by atoms with E-state index in [1.807, 2.05) is 0 Å². The summed E-state index contributed by atoms with van der Waals surface area (Å²) in [6, 6.07) is 10.4. The van der Waals surface area contributed by atoms with Gasteiger partial charge in [0.15, 0.2) is 11.3 Å². The van der Waals surface area contributed by atoms with Gasteiger partial charge in [0.05, 0.1) is 33.3 Å². The number of carbonyl (C=O) groups excluding carboxylic acids is 1. The van der Waals surface area contributed by atoms with Crippen LogP contribution in [0.1, 0.15) is 31.9 Å². The predicted molar refractivity (Wildman–Crippen MR) is 180 cm³/mol. The van der Waals surface area contributed by atoms with Gasteiger partial charge in [-0.2, -0.15) is 41.3 Å². The number of alkyl halides is 6. The van der Waals surface area contributed by atoms with Crippen LogP contribution in [-0.4, -0.2) is 42.9 Å². The maximum Gasteiger partial charge on any atom is 0.417 e. The van der Waals surface area contributed by atoms with Crippen molar-refractivity contribution in [2.45, 2.75) is 33.1 Å². The number of hydrogen-bond acceptors (Lipinski definition) is 9. The molecule has 0 aliphatic heterocycles. The molecule has 4 aromatic heterocycles. The molecule has 0 aliphatic rings. The number of aromatic amines is 1. The molecule has 0 saturated carbocycles. The van der Waals surface area contributed by atoms with Crippen molar-refractivity contribution in [1.29, 1.82) is 0 Å². The molecule has 0 radical (unpaired) electrons. The SMILES string of the molecule is CC(C)(C)C(=O)Nc1nc2nc(-c3c(F)cccc3C(F)(F)F)ccc2c(=O)[nH]1.CNc1nc(N)nc2nc(-c3c(F)cccc3C(F)(F)F)ccc12. The first-order chi connectivity index (χ1) is 24.7. The molecule has 1 amide bonds. The number of carbonyl (C=O) groups is 1. The van der Waals surface area contributed by atoms with Crippen molar-refractivity contribution in [3.8, 4) is 22.5 Å². The van der Waals surface area contributed by atoms with Gasteiger partial charge in [-0.1, -0.05) is 32.9 Å². The van der Waals surface area contributed by atoms with Crippen molar-refractivity contribution in [1.82, 2.24) is 29.9 Å². The van der Waals surface area contributed by atoms with Gasteiger partial charge in [-0.3, -0.25) is 19.9 Å². The van der Waals surface area contributed by atoms with Gasteiger partial charge in [-0.05, 0) is 48.5 Å². The summed E-state index contributed by atoms with van der Waals surface area (Å²) in [5, 5.41) is 5.65. The Bertz CT molecular complexity index is 2420. The topological polar surface area (TPSA) is 164 Å². The van der Waals surface area contributed by atoms with E-state index in [0.717, 1.165) is 42.5 Å². The molecule has 0 fully saturated rings. The highest BCUT2D eigenvalue weighted by Gasteiger charge is 2.36. The van der Waals surface area contributed by atoms with Gasteiger partial charge in [0.2, 0.25) is 17.8 Å². The van der Waals surface area contributed by atoms with E-state index < -0.39 is 63.1 Å². The Balaban J connectivity index is 0.000000208. The number of halogens is 8. The number of nitrogen functional groups attached to an aromatic ring is 1. The van der Waals surface area contributed by atoms with Crippen molar-refractivity contribution in [2.24, 2.45) is 5.41 Å². The van der Waals surface area contributed by atoms with E-state index in [9.17, 15) is 44.7 Å². The molecule has 276 valence electrons. The first kappa shape index (κ1) is 38.0. The second-order valence-corrected chi connectivity index (χ2v) is 12.3. The number of H-pyrrole nitrogens is 1. The van der Waals surface area contributed by atoms with Crippen molar-refractivity contribution in [2.75, 3.05) is 23.4 Å². The summed E-state index contributed by atoms with van der Waals surface area (Å²) in [4.78, 5) is 46.5. The van der Waals surface area contributed by atoms with Crippen molar-refractivity contribution in [3.63, 3.8) is 0 Å². The molecule has 6 rings (SSSR count). The van der Waals surface area contributed by atoms with Gasteiger partial charge in [-0.15, -0.1) is 0 Å². The quantitative estimate of drug-likeness (QED) is 0.133. The van der Waals surface area contributed by atoms with E-state index in [4.69, 9.17) is 5.73 Å². The minimum Gasteiger partial charge on any atom is -0.372 e. The van der Waals surface area contributed by atoms with Crippen LogP contribution in [0.2, 0.25) is 0 Å². The predicted octanol–water partition coefficient (Wildman–Crippen LogP) is 7.60. The number of amides is 1. The highest BCUT2D eigenvalue weighted by molar-refractivity contribution is 5.93. The van der Waals surface area contributed by atoms with E-state index in [-0.39, 0.29) is 40.0 Å². The fourth-order valence-corrected chi connectivity index (χ4v) is 4.91. The molecule has 5 N–H and O–H groups in total. The average molecular weight is 746 g/mol. The number of aromatic nitrogens is 6. The molecular formula is C34H27F8N9O2. The first-order valence-electron chi connectivity index (χ1n) is 15.3. The summed E-state index contributed by atoms with van der Waals surface area (Å²) in [5.41, 5.74) is -0.234. The van der Waals surface area contributed by atoms with E-state index in [1.54, 1.807) is 27.8 Å². The number of benzene rings is 2. The van der Waals surface area contributed by atoms with Crippen LogP contribution in [0.3, 0.4) is 0 Å². The van der Waals surface area contributed by atoms with E-state index >= 15 is 0 Å². The Morgan fingerprint density at radius 2 is 1.19 bits per heavy atom. The van der Waals surface area contributed by atoms with Crippen molar-refractivity contribution in [3.05, 3.63) is 93.8 Å². The lowest BCUT2D eigenvalue weighted by atomic mass is 9.96. The van der Waals surface area contributed by atoms with Gasteiger partial charge in [0.1, 0.15) is 17.5 Å². The molecule has 6 aromatic rings. The largest absolute Gasteiger partial charge is 0.417 e. The third-order valence-corrected chi connectivity index (χ3v) is 7.45. The van der Waals surface area contributed by atoms with E-state index in [1.165, 1.54) is 18.2 Å². The summed E-state index contributed by atoms with van der Waals surface area (Å²) in [6.07, 6.45) is -9.52. The number of pyridine rings is 2. The number of nitrogens with zero attached hydrogens (tertiary/aromatic N) is 5. The fraction of sp³-hybridized carbons (Fsp3) is 0.206. The molecule has 19 heteroatoms. The fourth-order valence-electron chi connectivity index (χ4n) is 4.91. The van der Waals surface area contributed by atoms with Crippen LogP contribution < -0.4 is 21.9 Å². The van der Waals surface area contributed by atoms with Crippen LogP contribution in [0.4, 0.5) is 52.8 Å². The Morgan fingerprint density at radius 3 is 1.66 bits per heavy atom. The normalized spacial score (nSPS) is 12.0. The van der Waals surface area contributed by atoms with Gasteiger partial charge in [-0.25, -0.2) is 18.7 Å². The zero-order chi connectivity index (χ0) is 39.0. The second kappa shape index (κ2) is 14.0. The number of anilines is 3. The number of fused-ring (bicyclic) bond motifs is 2. The highest BCUT2D eigenvalue weighted by atomic mass is 19.4. The summed E-state index contributed by atoms with van der Waals surface area (Å²) < 4.78 is 108. The van der Waals surface area contributed by atoms with Crippen molar-refractivity contribution >= 4 is 45.7 Å². The lowest BCUT2D eigenvalue weighted by Gasteiger charge is -2.17. The minimum absolute atomic E-state index is 0.0209. The summed E-state index contributed by atoms with van der Waals surface area (Å²) in [5.74, 6) is -2.51. The molecule has 0 atom stereocenters. The van der Waals surface area contributed by atoms with Crippen LogP contribution in [-0.2, 0) is 17.1 Å². The molecule has 0 saturated heterocycles. The van der Waals surface area contributed by atoms with Crippen LogP contribution in [0.5, 0.6) is 0 Å². The molecule has 0 aliphatic carbocycles. The third kappa shape index (κ3) is 8.13. The maximum atomic E-state index is 14.2. The lowest BCUT2D eigenvalue weighted by molar-refractivity contribution is -0.138. The number of hydrogen-bond donors (Lipinski definition) is 4. The molecular weight excluding hydrogens is 718 g/mol. The van der Waals surface area contributed by atoms with Crippen LogP contribution in [0, 0.1) is 17.0 Å². The second-order valence-electron chi connectivity index (χ2n) is 12.3. The van der Waals surface area contributed by atoms with E-state index in [0.29, 0.717) is 11.2 Å². The van der Waals surface area contributed by atoms with Crippen molar-refractivity contribution < 1.29 is 39.9 Å². The Kier molecular flexibility index (Phi) is 10.1. The Hall–Kier alpha value is -6.27. The standard InChI is InChI=1S/C19H16F4N4O2.C15H11F4N5/c1-18(2,3)16(29)27-17-25-14-9(15(28)26-17)7-8-12(24-14)13-10(19(21,22)23)5-4-6-11(13)20;1-21-12-7-5-6-10(22-13(7)24-14(20)23-12)11-8(15(17,18)19)3-2-4-9(11)16/h4-8H,1-3H3,(H2,24,25,26,27,28,29);2-6H,1H3,(H3,20,21,22,23,24). The van der Waals surface area contributed by atoms with Crippen LogP contribution in [0.15, 0.2) is 65.5 Å². The van der Waals surface area contributed by atoms with Gasteiger partial charge in [0, 0.05) is 23.6 Å². The zero-order valence-corrected chi connectivity index (χ0v) is 27.9. The van der Waals surface area contributed by atoms with Gasteiger partial charge in [0.25, 0.3) is 5.56 Å². The zero-order valence-electron chi connectivity index (χ0n) is 27.9. The average Bonchev–Trinajstić information content (AvgIpc) is 3.06. The van der Waals surface area contributed by atoms with Gasteiger partial charge < -0.3 is 11.1 Å². The molecule has 2 aromatic carbocycles. The molecule has 0 spiro atoms. The minimum atomic E-state index is -4.80. The smallest absolute Gasteiger partial charge is 0.372 e. The summed E-state index contributed by atoms with van der Waals surface area (Å²) in [6.45, 7) is 4.94. The summed E-state index contributed by atoms with van der Waals surface area (Å²) in [7, 11) is 1.60. The molecule has 4 heterocycles. The third-order valence-electron chi connectivity index (χ3n) is 7.45. The number of rotatable bonds is 4. The monoisotopic (exact) mass is 745 g/mol. The molecule has 11 nitrogen and oxygen atoms in total. The Morgan fingerprint density at radius 1 is 0.698 bits per heavy atom. The first-order valence-corrected chi connectivity index (χ1v) is 15.3. The maximum absolute atomic E-state index is 14.2. The van der Waals surface area contributed by atoms with Crippen LogP contribution >= 0.6 is 0 Å².